The van der Waals surface area contributed by atoms with E-state index in [9.17, 15) is 9.90 Å². The summed E-state index contributed by atoms with van der Waals surface area (Å²) in [7, 11) is 0. The van der Waals surface area contributed by atoms with E-state index in [2.05, 4.69) is 42.3 Å². The van der Waals surface area contributed by atoms with Gasteiger partial charge < -0.3 is 10.4 Å². The van der Waals surface area contributed by atoms with E-state index in [1.807, 2.05) is 24.3 Å². The van der Waals surface area contributed by atoms with Crippen molar-refractivity contribution >= 4 is 17.2 Å². The zero-order chi connectivity index (χ0) is 18.5. The van der Waals surface area contributed by atoms with Crippen molar-refractivity contribution in [3.8, 4) is 5.75 Å². The number of nitrogens with zero attached hydrogens (tertiary/aromatic N) is 1. The van der Waals surface area contributed by atoms with Gasteiger partial charge in [-0.3, -0.25) is 9.69 Å². The summed E-state index contributed by atoms with van der Waals surface area (Å²) in [6, 6.07) is 15.3. The van der Waals surface area contributed by atoms with Crippen LogP contribution in [-0.4, -0.2) is 35.5 Å². The summed E-state index contributed by atoms with van der Waals surface area (Å²) in [5.41, 5.74) is 4.52. The minimum atomic E-state index is 0.0174. The number of anilines is 1. The van der Waals surface area contributed by atoms with Gasteiger partial charge in [-0.15, -0.1) is 0 Å². The fourth-order valence-corrected chi connectivity index (χ4v) is 3.15. The molecule has 0 unspecified atom stereocenters. The highest BCUT2D eigenvalue weighted by Gasteiger charge is 2.16. The largest absolute Gasteiger partial charge is 0.508 e. The summed E-state index contributed by atoms with van der Waals surface area (Å²) in [6.07, 6.45) is 3.07. The lowest BCUT2D eigenvalue weighted by Gasteiger charge is -2.26. The molecular formula is C22H26N2O2. The smallest absolute Gasteiger partial charge is 0.238 e. The predicted octanol–water partition coefficient (Wildman–Crippen LogP) is 4.24. The first-order valence-corrected chi connectivity index (χ1v) is 9.12. The van der Waals surface area contributed by atoms with E-state index in [4.69, 9.17) is 0 Å². The maximum absolute atomic E-state index is 12.3. The molecule has 2 aromatic carbocycles. The fourth-order valence-electron chi connectivity index (χ4n) is 3.15. The van der Waals surface area contributed by atoms with Crippen LogP contribution in [0.4, 0.5) is 5.69 Å². The van der Waals surface area contributed by atoms with Crippen LogP contribution < -0.4 is 5.32 Å². The molecule has 0 saturated carbocycles. The zero-order valence-corrected chi connectivity index (χ0v) is 15.4. The quantitative estimate of drug-likeness (QED) is 0.848. The number of nitrogens with one attached hydrogen (secondary N) is 1. The molecule has 0 spiro atoms. The molecule has 26 heavy (non-hydrogen) atoms. The maximum atomic E-state index is 12.3. The Morgan fingerprint density at radius 3 is 2.38 bits per heavy atom. The molecule has 0 atom stereocenters. The molecular weight excluding hydrogens is 324 g/mol. The van der Waals surface area contributed by atoms with Crippen molar-refractivity contribution in [2.75, 3.05) is 25.0 Å². The number of carbonyl (C=O) groups is 1. The molecule has 0 radical (unpaired) electrons. The monoisotopic (exact) mass is 350 g/mol. The van der Waals surface area contributed by atoms with Gasteiger partial charge in [0.15, 0.2) is 0 Å². The number of amides is 1. The second kappa shape index (κ2) is 8.19. The maximum Gasteiger partial charge on any atom is 0.238 e. The van der Waals surface area contributed by atoms with Crippen LogP contribution >= 0.6 is 0 Å². The summed E-state index contributed by atoms with van der Waals surface area (Å²) in [5, 5.41) is 12.4. The highest BCUT2D eigenvalue weighted by Crippen LogP contribution is 2.24. The molecule has 4 nitrogen and oxygen atoms in total. The molecule has 1 heterocycles. The Kier molecular flexibility index (Phi) is 5.74. The molecule has 4 heteroatoms. The van der Waals surface area contributed by atoms with E-state index >= 15 is 0 Å². The van der Waals surface area contributed by atoms with Crippen molar-refractivity contribution in [1.82, 2.24) is 4.90 Å². The van der Waals surface area contributed by atoms with Gasteiger partial charge in [0.25, 0.3) is 0 Å². The van der Waals surface area contributed by atoms with Gasteiger partial charge in [0.05, 0.1) is 6.54 Å². The summed E-state index contributed by atoms with van der Waals surface area (Å²) in [5.74, 6) is 0.788. The van der Waals surface area contributed by atoms with Crippen LogP contribution in [0.1, 0.15) is 37.3 Å². The molecule has 1 aliphatic heterocycles. The lowest BCUT2D eigenvalue weighted by atomic mass is 9.99. The Labute approximate surface area is 155 Å². The van der Waals surface area contributed by atoms with Gasteiger partial charge in [-0.2, -0.15) is 0 Å². The minimum Gasteiger partial charge on any atom is -0.508 e. The molecule has 1 aliphatic rings. The third-order valence-corrected chi connectivity index (χ3v) is 4.76. The van der Waals surface area contributed by atoms with Crippen molar-refractivity contribution in [2.24, 2.45) is 0 Å². The molecule has 0 bridgehead atoms. The number of hydrogen-bond acceptors (Lipinski definition) is 3. The SMILES string of the molecule is CC(C)c1ccc(NC(=O)CN2CC=C(c3ccc(O)cc3)CC2)cc1. The first-order valence-electron chi connectivity index (χ1n) is 9.12. The van der Waals surface area contributed by atoms with Crippen molar-refractivity contribution in [2.45, 2.75) is 26.2 Å². The predicted molar refractivity (Wildman–Crippen MR) is 106 cm³/mol. The van der Waals surface area contributed by atoms with Gasteiger partial charge in [0.2, 0.25) is 5.91 Å². The normalized spacial score (nSPS) is 15.0. The van der Waals surface area contributed by atoms with E-state index in [0.717, 1.165) is 30.8 Å². The zero-order valence-electron chi connectivity index (χ0n) is 15.4. The molecule has 136 valence electrons. The van der Waals surface area contributed by atoms with E-state index in [1.54, 1.807) is 12.1 Å². The summed E-state index contributed by atoms with van der Waals surface area (Å²) >= 11 is 0. The number of benzene rings is 2. The standard InChI is InChI=1S/C22H26N2O2/c1-16(2)17-3-7-20(8-4-17)23-22(26)15-24-13-11-19(12-14-24)18-5-9-21(25)10-6-18/h3-11,16,25H,12-15H2,1-2H3,(H,23,26). The van der Waals surface area contributed by atoms with Crippen molar-refractivity contribution < 1.29 is 9.90 Å². The lowest BCUT2D eigenvalue weighted by Crippen LogP contribution is -2.36. The van der Waals surface area contributed by atoms with Gasteiger partial charge in [-0.05, 0) is 53.3 Å². The minimum absolute atomic E-state index is 0.0174. The number of carbonyl (C=O) groups excluding carboxylic acids is 1. The second-order valence-corrected chi connectivity index (χ2v) is 7.09. The number of phenolic OH excluding ortho intramolecular Hbond substituents is 1. The number of phenols is 1. The third-order valence-electron chi connectivity index (χ3n) is 4.76. The third kappa shape index (κ3) is 4.73. The van der Waals surface area contributed by atoms with Gasteiger partial charge in [0, 0.05) is 18.8 Å². The van der Waals surface area contributed by atoms with E-state index in [-0.39, 0.29) is 11.7 Å². The van der Waals surface area contributed by atoms with Crippen molar-refractivity contribution in [3.63, 3.8) is 0 Å². The number of rotatable bonds is 5. The fraction of sp³-hybridized carbons (Fsp3) is 0.318. The molecule has 0 fully saturated rings. The number of hydrogen-bond donors (Lipinski definition) is 2. The van der Waals surface area contributed by atoms with Crippen LogP contribution in [0.2, 0.25) is 0 Å². The molecule has 1 amide bonds. The van der Waals surface area contributed by atoms with Gasteiger partial charge in [0.1, 0.15) is 5.75 Å². The number of aromatic hydroxyl groups is 1. The Morgan fingerprint density at radius 2 is 1.81 bits per heavy atom. The Bertz CT molecular complexity index is 777. The molecule has 0 aromatic heterocycles. The van der Waals surface area contributed by atoms with Crippen LogP contribution in [0.5, 0.6) is 5.75 Å². The second-order valence-electron chi connectivity index (χ2n) is 7.09. The van der Waals surface area contributed by atoms with Crippen molar-refractivity contribution in [1.29, 1.82) is 0 Å². The highest BCUT2D eigenvalue weighted by molar-refractivity contribution is 5.92. The average molecular weight is 350 g/mol. The van der Waals surface area contributed by atoms with Crippen LogP contribution in [0.3, 0.4) is 0 Å². The summed E-state index contributed by atoms with van der Waals surface area (Å²) in [4.78, 5) is 14.4. The van der Waals surface area contributed by atoms with Crippen LogP contribution in [0.15, 0.2) is 54.6 Å². The van der Waals surface area contributed by atoms with Crippen LogP contribution in [0.25, 0.3) is 5.57 Å². The molecule has 0 saturated heterocycles. The first kappa shape index (κ1) is 18.2. The molecule has 3 rings (SSSR count). The van der Waals surface area contributed by atoms with E-state index in [0.29, 0.717) is 12.5 Å². The van der Waals surface area contributed by atoms with Crippen LogP contribution in [-0.2, 0) is 4.79 Å². The summed E-state index contributed by atoms with van der Waals surface area (Å²) in [6.45, 7) is 6.32. The highest BCUT2D eigenvalue weighted by atomic mass is 16.3. The molecule has 2 N–H and O–H groups in total. The molecule has 0 aliphatic carbocycles. The van der Waals surface area contributed by atoms with Gasteiger partial charge in [-0.1, -0.05) is 44.2 Å². The van der Waals surface area contributed by atoms with Crippen LogP contribution in [0, 0.1) is 0 Å². The van der Waals surface area contributed by atoms with Gasteiger partial charge >= 0.3 is 0 Å². The lowest BCUT2D eigenvalue weighted by molar-refractivity contribution is -0.117. The van der Waals surface area contributed by atoms with E-state index < -0.39 is 0 Å². The molecule has 2 aromatic rings. The first-order chi connectivity index (χ1) is 12.5. The van der Waals surface area contributed by atoms with Gasteiger partial charge in [-0.25, -0.2) is 0 Å². The van der Waals surface area contributed by atoms with Crippen molar-refractivity contribution in [3.05, 3.63) is 65.7 Å². The summed E-state index contributed by atoms with van der Waals surface area (Å²) < 4.78 is 0. The Balaban J connectivity index is 1.52. The Hall–Kier alpha value is -2.59. The Morgan fingerprint density at radius 1 is 1.12 bits per heavy atom. The average Bonchev–Trinajstić information content (AvgIpc) is 2.63. The topological polar surface area (TPSA) is 52.6 Å². The van der Waals surface area contributed by atoms with E-state index in [1.165, 1.54) is 11.1 Å².